The van der Waals surface area contributed by atoms with Gasteiger partial charge in [0.15, 0.2) is 0 Å². The van der Waals surface area contributed by atoms with Crippen LogP contribution in [0.4, 0.5) is 17.1 Å². The van der Waals surface area contributed by atoms with Gasteiger partial charge in [0.05, 0.1) is 0 Å². The highest BCUT2D eigenvalue weighted by molar-refractivity contribution is 5.92. The second-order valence-electron chi connectivity index (χ2n) is 13.6. The number of hydrogen-bond acceptors (Lipinski definition) is 1. The van der Waals surface area contributed by atoms with Crippen LogP contribution in [0.3, 0.4) is 0 Å². The molecular weight excluding hydrogens is 615 g/mol. The van der Waals surface area contributed by atoms with E-state index in [2.05, 4.69) is 205 Å². The number of fused-ring (bicyclic) bond motifs is 3. The predicted octanol–water partition coefficient (Wildman–Crippen LogP) is 13.4. The normalized spacial score (nSPS) is 18.6. The lowest BCUT2D eigenvalue weighted by Crippen LogP contribution is -2.21. The Morgan fingerprint density at radius 3 is 1.71 bits per heavy atom. The third kappa shape index (κ3) is 6.02. The van der Waals surface area contributed by atoms with Crippen LogP contribution in [0.5, 0.6) is 0 Å². The first kappa shape index (κ1) is 30.8. The van der Waals surface area contributed by atoms with Crippen molar-refractivity contribution in [3.63, 3.8) is 0 Å². The van der Waals surface area contributed by atoms with E-state index in [4.69, 9.17) is 0 Å². The minimum Gasteiger partial charge on any atom is -0.310 e. The molecule has 2 unspecified atom stereocenters. The molecule has 1 nitrogen and oxygen atoms in total. The number of benzene rings is 5. The molecule has 0 amide bonds. The summed E-state index contributed by atoms with van der Waals surface area (Å²) in [7, 11) is 0. The van der Waals surface area contributed by atoms with Crippen LogP contribution in [0.2, 0.25) is 0 Å². The van der Waals surface area contributed by atoms with Gasteiger partial charge in [-0.1, -0.05) is 164 Å². The summed E-state index contributed by atoms with van der Waals surface area (Å²) in [5.41, 5.74) is 16.3. The van der Waals surface area contributed by atoms with E-state index in [9.17, 15) is 0 Å². The lowest BCUT2D eigenvalue weighted by molar-refractivity contribution is 0.618. The minimum absolute atomic E-state index is 0.315. The molecule has 0 radical (unpaired) electrons. The van der Waals surface area contributed by atoms with Crippen LogP contribution in [0.25, 0.3) is 33.4 Å². The molecule has 2 atom stereocenters. The highest BCUT2D eigenvalue weighted by atomic mass is 15.1. The summed E-state index contributed by atoms with van der Waals surface area (Å²) in [6, 6.07) is 46.4. The monoisotopic (exact) mass is 653 g/mol. The lowest BCUT2D eigenvalue weighted by Gasteiger charge is -2.34. The van der Waals surface area contributed by atoms with Crippen molar-refractivity contribution in [3.8, 4) is 22.3 Å². The zero-order valence-corrected chi connectivity index (χ0v) is 28.6. The second-order valence-corrected chi connectivity index (χ2v) is 13.6. The number of rotatable bonds is 7. The van der Waals surface area contributed by atoms with E-state index in [0.717, 1.165) is 29.9 Å². The summed E-state index contributed by atoms with van der Waals surface area (Å²) in [6.07, 6.45) is 29.6. The summed E-state index contributed by atoms with van der Waals surface area (Å²) >= 11 is 0. The SMILES string of the molecule is C1=CCCC(c2ccc(N(c3ccc(-c4ccccc4)cc3)c3ccc(-c4ccccc4)cc3)cc2C2=C3C=CC=CC3C3C=CC=CC3=C2)=C1. The van der Waals surface area contributed by atoms with E-state index in [1.165, 1.54) is 55.7 Å². The molecule has 0 spiro atoms. The first-order chi connectivity index (χ1) is 25.3. The molecule has 0 heterocycles. The Balaban J connectivity index is 1.22. The van der Waals surface area contributed by atoms with Crippen molar-refractivity contribution in [1.82, 2.24) is 0 Å². The zero-order chi connectivity index (χ0) is 34.0. The fraction of sp³-hybridized carbons (Fsp3) is 0.0800. The number of hydrogen-bond donors (Lipinski definition) is 0. The summed E-state index contributed by atoms with van der Waals surface area (Å²) in [5.74, 6) is 0.677. The highest BCUT2D eigenvalue weighted by Gasteiger charge is 2.31. The van der Waals surface area contributed by atoms with Crippen LogP contribution in [0.1, 0.15) is 24.0 Å². The van der Waals surface area contributed by atoms with Gasteiger partial charge in [-0.2, -0.15) is 0 Å². The Bertz CT molecular complexity index is 2240. The Kier molecular flexibility index (Phi) is 8.24. The number of anilines is 3. The smallest absolute Gasteiger partial charge is 0.0468 e. The molecule has 0 saturated carbocycles. The molecule has 51 heavy (non-hydrogen) atoms. The largest absolute Gasteiger partial charge is 0.310 e. The van der Waals surface area contributed by atoms with Crippen LogP contribution in [0.15, 0.2) is 211 Å². The highest BCUT2D eigenvalue weighted by Crippen LogP contribution is 2.47. The summed E-state index contributed by atoms with van der Waals surface area (Å²) in [5, 5.41) is 0. The molecule has 0 N–H and O–H groups in total. The topological polar surface area (TPSA) is 3.24 Å². The van der Waals surface area contributed by atoms with E-state index >= 15 is 0 Å². The van der Waals surface area contributed by atoms with Crippen molar-refractivity contribution in [2.24, 2.45) is 11.8 Å². The molecule has 4 aliphatic rings. The van der Waals surface area contributed by atoms with Crippen molar-refractivity contribution >= 4 is 28.2 Å². The van der Waals surface area contributed by atoms with E-state index in [-0.39, 0.29) is 0 Å². The van der Waals surface area contributed by atoms with Gasteiger partial charge in [-0.3, -0.25) is 0 Å². The molecule has 0 bridgehead atoms. The molecule has 0 fully saturated rings. The van der Waals surface area contributed by atoms with Gasteiger partial charge in [0.25, 0.3) is 0 Å². The fourth-order valence-electron chi connectivity index (χ4n) is 7.98. The maximum absolute atomic E-state index is 2.45. The summed E-state index contributed by atoms with van der Waals surface area (Å²) < 4.78 is 0. The van der Waals surface area contributed by atoms with Gasteiger partial charge in [-0.05, 0) is 105 Å². The number of nitrogens with zero attached hydrogens (tertiary/aromatic N) is 1. The summed E-state index contributed by atoms with van der Waals surface area (Å²) in [6.45, 7) is 0. The van der Waals surface area contributed by atoms with Crippen LogP contribution < -0.4 is 4.90 Å². The van der Waals surface area contributed by atoms with Crippen molar-refractivity contribution in [1.29, 1.82) is 0 Å². The number of allylic oxidation sites excluding steroid dienone is 16. The molecule has 1 heteroatoms. The first-order valence-corrected chi connectivity index (χ1v) is 18.1. The Hall–Kier alpha value is -6.18. The molecule has 244 valence electrons. The molecule has 0 aromatic heterocycles. The standard InChI is InChI=1S/C50H39N/c1-4-14-36(15-5-1)38-24-28-42(29-25-38)51(43-30-26-39(27-31-43)37-16-6-2-7-17-37)44-32-33-46(40-18-8-3-9-19-40)50(35-44)49-34-41-20-10-11-21-45(41)47-22-12-13-23-48(47)49/h1-8,10-18,20-35,45,47H,9,19H2. The van der Waals surface area contributed by atoms with Crippen LogP contribution >= 0.6 is 0 Å². The van der Waals surface area contributed by atoms with E-state index in [1.54, 1.807) is 0 Å². The van der Waals surface area contributed by atoms with Gasteiger partial charge in [0, 0.05) is 28.9 Å². The van der Waals surface area contributed by atoms with Gasteiger partial charge in [-0.15, -0.1) is 0 Å². The fourth-order valence-corrected chi connectivity index (χ4v) is 7.98. The van der Waals surface area contributed by atoms with Crippen LogP contribution in [0, 0.1) is 11.8 Å². The van der Waals surface area contributed by atoms with E-state index in [0.29, 0.717) is 11.8 Å². The maximum atomic E-state index is 2.45. The second kappa shape index (κ2) is 13.6. The average Bonchev–Trinajstić information content (AvgIpc) is 3.22. The third-order valence-electron chi connectivity index (χ3n) is 10.6. The molecule has 0 saturated heterocycles. The Labute approximate surface area is 301 Å². The van der Waals surface area contributed by atoms with Gasteiger partial charge in [-0.25, -0.2) is 0 Å². The third-order valence-corrected chi connectivity index (χ3v) is 10.6. The minimum atomic E-state index is 0.315. The molecule has 4 aliphatic carbocycles. The van der Waals surface area contributed by atoms with Crippen molar-refractivity contribution in [3.05, 3.63) is 223 Å². The van der Waals surface area contributed by atoms with Crippen LogP contribution in [-0.4, -0.2) is 0 Å². The Morgan fingerprint density at radius 2 is 1.08 bits per heavy atom. The van der Waals surface area contributed by atoms with Gasteiger partial charge >= 0.3 is 0 Å². The molecule has 5 aromatic rings. The molecule has 9 rings (SSSR count). The quantitative estimate of drug-likeness (QED) is 0.169. The van der Waals surface area contributed by atoms with E-state index < -0.39 is 0 Å². The van der Waals surface area contributed by atoms with E-state index in [1.807, 2.05) is 0 Å². The molecule has 5 aromatic carbocycles. The van der Waals surface area contributed by atoms with Crippen molar-refractivity contribution in [2.75, 3.05) is 4.90 Å². The van der Waals surface area contributed by atoms with Crippen molar-refractivity contribution < 1.29 is 0 Å². The van der Waals surface area contributed by atoms with Gasteiger partial charge in [0.1, 0.15) is 0 Å². The van der Waals surface area contributed by atoms with Gasteiger partial charge < -0.3 is 4.90 Å². The first-order valence-electron chi connectivity index (χ1n) is 18.1. The van der Waals surface area contributed by atoms with Crippen molar-refractivity contribution in [2.45, 2.75) is 12.8 Å². The molecular formula is C50H39N. The maximum Gasteiger partial charge on any atom is 0.0468 e. The zero-order valence-electron chi connectivity index (χ0n) is 28.6. The summed E-state index contributed by atoms with van der Waals surface area (Å²) in [4.78, 5) is 2.41. The average molecular weight is 654 g/mol. The van der Waals surface area contributed by atoms with Crippen LogP contribution in [-0.2, 0) is 0 Å². The Morgan fingerprint density at radius 1 is 0.490 bits per heavy atom. The lowest BCUT2D eigenvalue weighted by atomic mass is 9.70. The molecule has 0 aliphatic heterocycles. The van der Waals surface area contributed by atoms with Gasteiger partial charge in [0.2, 0.25) is 0 Å². The predicted molar refractivity (Wildman–Crippen MR) is 217 cm³/mol.